The van der Waals surface area contributed by atoms with E-state index < -0.39 is 35.5 Å². The monoisotopic (exact) mass is 1740 g/mol. The van der Waals surface area contributed by atoms with Crippen LogP contribution < -0.4 is 30.7 Å². The molecular formula is C88H104Br2F6N12O9. The number of amides is 8. The van der Waals surface area contributed by atoms with Gasteiger partial charge in [0.05, 0.1) is 43.3 Å². The first-order valence-corrected chi connectivity index (χ1v) is 41.5. The van der Waals surface area contributed by atoms with E-state index in [9.17, 15) is 45.5 Å². The third kappa shape index (κ3) is 26.4. The summed E-state index contributed by atoms with van der Waals surface area (Å²) in [5.74, 6) is 4.34. The molecule has 0 aliphatic carbocycles. The van der Waals surface area contributed by atoms with Gasteiger partial charge in [0.2, 0.25) is 6.79 Å². The molecule has 6 aromatic carbocycles. The van der Waals surface area contributed by atoms with Gasteiger partial charge in [-0.1, -0.05) is 107 Å². The number of halogens is 8. The van der Waals surface area contributed by atoms with E-state index in [-0.39, 0.29) is 67.5 Å². The Bertz CT molecular complexity index is 4600. The molecule has 9 aromatic rings. The van der Waals surface area contributed by atoms with Crippen LogP contribution in [0.1, 0.15) is 123 Å². The van der Waals surface area contributed by atoms with Crippen LogP contribution in [0.2, 0.25) is 0 Å². The van der Waals surface area contributed by atoms with E-state index in [4.69, 9.17) is 22.7 Å². The van der Waals surface area contributed by atoms with E-state index >= 15 is 0 Å². The van der Waals surface area contributed by atoms with E-state index in [1.807, 2.05) is 127 Å². The lowest BCUT2D eigenvalue weighted by Crippen LogP contribution is -2.48. The molecule has 5 aliphatic heterocycles. The van der Waals surface area contributed by atoms with Gasteiger partial charge in [-0.25, -0.2) is 19.2 Å². The minimum atomic E-state index is -4.47. The predicted octanol–water partition coefficient (Wildman–Crippen LogP) is 20.7. The van der Waals surface area contributed by atoms with Gasteiger partial charge in [0, 0.05) is 121 Å². The highest BCUT2D eigenvalue weighted by Crippen LogP contribution is 2.36. The Hall–Kier alpha value is -9.78. The Morgan fingerprint density at radius 2 is 0.829 bits per heavy atom. The molecule has 8 amide bonds. The number of alkyl halides is 6. The molecule has 0 atom stereocenters. The topological polar surface area (TPSA) is 200 Å². The summed E-state index contributed by atoms with van der Waals surface area (Å²) in [5.41, 5.74) is 3.61. The van der Waals surface area contributed by atoms with Gasteiger partial charge in [-0.3, -0.25) is 4.90 Å². The quantitative estimate of drug-likeness (QED) is 0.0496. The summed E-state index contributed by atoms with van der Waals surface area (Å²) in [6.07, 6.45) is 1.35. The van der Waals surface area contributed by atoms with Crippen LogP contribution in [0.5, 0.6) is 11.5 Å². The largest absolute Gasteiger partial charge is 0.467 e. The number of nitrogens with zero attached hydrogens (tertiary/aromatic N) is 8. The number of fused-ring (bicyclic) bond motifs is 1. The molecular weight excluding hydrogens is 1640 g/mol. The molecule has 117 heavy (non-hydrogen) atoms. The number of aryl methyl sites for hydroxylation is 2. The van der Waals surface area contributed by atoms with Gasteiger partial charge in [0.25, 0.3) is 0 Å². The van der Waals surface area contributed by atoms with Crippen molar-refractivity contribution in [1.82, 2.24) is 39.2 Å². The van der Waals surface area contributed by atoms with Crippen molar-refractivity contribution in [3.63, 3.8) is 0 Å². The highest BCUT2D eigenvalue weighted by molar-refractivity contribution is 9.10. The molecule has 4 saturated heterocycles. The lowest BCUT2D eigenvalue weighted by Gasteiger charge is -2.38. The van der Waals surface area contributed by atoms with Crippen molar-refractivity contribution in [1.29, 1.82) is 0 Å². The average molecular weight is 1750 g/mol. The number of carbonyl (C=O) groups excluding carboxylic acids is 4. The van der Waals surface area contributed by atoms with Gasteiger partial charge in [-0.2, -0.15) is 26.3 Å². The maximum Gasteiger partial charge on any atom is 0.416 e. The molecule has 0 saturated carbocycles. The number of piperidine rings is 4. The molecule has 0 bridgehead atoms. The van der Waals surface area contributed by atoms with E-state index in [2.05, 4.69) is 106 Å². The Kier molecular flexibility index (Phi) is 32.0. The standard InChI is InChI=1S/C26H28F3N3O2.C22H26BrN3O3.C20H26BrN3O2.C20H24F3N3O2/c1-19-10-11-24(34-19)18-32(25(33)30-22-9-5-8-21(16-22)26(27,28)29)23-12-14-31(15-13-23)17-20-6-3-2-4-7-20;1-2-25-10-8-19(9-11-25)26(22(27)24-18-5-3-4-17(23)13-18)14-16-6-7-20-21(12-16)29-15-28-20;1-3-23-10-8-17(9-11-23)24(14-18-5-4-12-26-18)20(25)22-16-6-7-19(21)15(2)13-16;1-2-25-10-8-17(9-11-25)26(14-18-7-4-12-28-18)19(27)24-16-6-3-5-15(13-16)20(21,22)23/h2-11,16,23H,12-15,17-18H2,1H3,(H,30,33);3-7,12-13,19H,2,8-11,14-15H2,1H3,(H,24,27);4-7,12-13,17H,3,8-11,14H2,1-2H3,(H,22,25);3-7,12-13,17H,2,8-11,14H2,1H3,(H,24,27). The number of carbonyl (C=O) groups is 4. The summed E-state index contributed by atoms with van der Waals surface area (Å²) in [7, 11) is 0. The summed E-state index contributed by atoms with van der Waals surface area (Å²) in [5, 5.41) is 11.4. The predicted molar refractivity (Wildman–Crippen MR) is 448 cm³/mol. The zero-order valence-corrected chi connectivity index (χ0v) is 69.8. The van der Waals surface area contributed by atoms with Crippen molar-refractivity contribution in [2.45, 2.75) is 155 Å². The Morgan fingerprint density at radius 1 is 0.410 bits per heavy atom. The maximum atomic E-state index is 13.2. The van der Waals surface area contributed by atoms with Crippen molar-refractivity contribution < 1.29 is 68.2 Å². The molecule has 14 rings (SSSR count). The number of anilines is 4. The van der Waals surface area contributed by atoms with Crippen LogP contribution in [0.3, 0.4) is 0 Å². The number of benzene rings is 6. The first-order chi connectivity index (χ1) is 56.3. The summed E-state index contributed by atoms with van der Waals surface area (Å²) < 4.78 is 108. The smallest absolute Gasteiger partial charge is 0.416 e. The van der Waals surface area contributed by atoms with Gasteiger partial charge >= 0.3 is 36.5 Å². The molecule has 0 spiro atoms. The number of urea groups is 4. The van der Waals surface area contributed by atoms with Crippen molar-refractivity contribution in [2.75, 3.05) is 100 Å². The highest BCUT2D eigenvalue weighted by Gasteiger charge is 2.36. The van der Waals surface area contributed by atoms with Gasteiger partial charge in [0.1, 0.15) is 23.0 Å². The molecule has 5 aliphatic rings. The molecule has 626 valence electrons. The minimum absolute atomic E-state index is 0.00120. The van der Waals surface area contributed by atoms with Crippen molar-refractivity contribution in [3.05, 3.63) is 248 Å². The van der Waals surface area contributed by atoms with Gasteiger partial charge in [-0.05, 0) is 223 Å². The van der Waals surface area contributed by atoms with Crippen LogP contribution in [0.15, 0.2) is 211 Å². The first-order valence-electron chi connectivity index (χ1n) is 39.9. The van der Waals surface area contributed by atoms with E-state index in [1.54, 1.807) is 28.2 Å². The number of hydrogen-bond donors (Lipinski definition) is 4. The van der Waals surface area contributed by atoms with Crippen LogP contribution in [0, 0.1) is 13.8 Å². The van der Waals surface area contributed by atoms with E-state index in [1.165, 1.54) is 36.1 Å². The van der Waals surface area contributed by atoms with Gasteiger partial charge in [0.15, 0.2) is 11.5 Å². The number of likely N-dealkylation sites (tertiary alicyclic amines) is 4. The second-order valence-electron chi connectivity index (χ2n) is 29.7. The maximum absolute atomic E-state index is 13.2. The number of rotatable bonds is 21. The van der Waals surface area contributed by atoms with Gasteiger partial charge in [-0.15, -0.1) is 0 Å². The molecule has 0 unspecified atom stereocenters. The molecule has 3 aromatic heterocycles. The van der Waals surface area contributed by atoms with Crippen LogP contribution in [-0.4, -0.2) is 166 Å². The van der Waals surface area contributed by atoms with Crippen molar-refractivity contribution >= 4 is 78.7 Å². The van der Waals surface area contributed by atoms with Crippen LogP contribution >= 0.6 is 31.9 Å². The zero-order chi connectivity index (χ0) is 83.0. The van der Waals surface area contributed by atoms with Crippen LogP contribution in [0.4, 0.5) is 68.3 Å². The fourth-order valence-corrected chi connectivity index (χ4v) is 15.7. The normalized spacial score (nSPS) is 15.9. The van der Waals surface area contributed by atoms with Crippen molar-refractivity contribution in [2.24, 2.45) is 0 Å². The fourth-order valence-electron chi connectivity index (χ4n) is 15.1. The summed E-state index contributed by atoms with van der Waals surface area (Å²) in [6.45, 7) is 23.5. The molecule has 4 N–H and O–H groups in total. The summed E-state index contributed by atoms with van der Waals surface area (Å²) in [6, 6.07) is 49.4. The highest BCUT2D eigenvalue weighted by atomic mass is 79.9. The lowest BCUT2D eigenvalue weighted by molar-refractivity contribution is -0.138. The third-order valence-corrected chi connectivity index (χ3v) is 23.1. The minimum Gasteiger partial charge on any atom is -0.467 e. The Morgan fingerprint density at radius 3 is 1.24 bits per heavy atom. The molecule has 8 heterocycles. The number of nitrogens with one attached hydrogen (secondary N) is 4. The summed E-state index contributed by atoms with van der Waals surface area (Å²) >= 11 is 6.97. The van der Waals surface area contributed by atoms with Crippen LogP contribution in [0.25, 0.3) is 0 Å². The van der Waals surface area contributed by atoms with Crippen LogP contribution in [-0.2, 0) is 45.1 Å². The first kappa shape index (κ1) is 88.0. The zero-order valence-electron chi connectivity index (χ0n) is 66.7. The Labute approximate surface area is 697 Å². The number of hydrogen-bond acceptors (Lipinski definition) is 13. The van der Waals surface area contributed by atoms with Gasteiger partial charge < -0.3 is 78.3 Å². The van der Waals surface area contributed by atoms with E-state index in [0.717, 1.165) is 209 Å². The van der Waals surface area contributed by atoms with Crippen molar-refractivity contribution in [3.8, 4) is 11.5 Å². The number of ether oxygens (including phenoxy) is 2. The molecule has 0 radical (unpaired) electrons. The lowest BCUT2D eigenvalue weighted by atomic mass is 10.0. The molecule has 21 nitrogen and oxygen atoms in total. The molecule has 4 fully saturated rings. The third-order valence-electron chi connectivity index (χ3n) is 21.7. The molecule has 29 heteroatoms. The Balaban J connectivity index is 0.000000154. The summed E-state index contributed by atoms with van der Waals surface area (Å²) in [4.78, 5) is 69.2. The SMILES string of the molecule is CCN1CCC(N(Cc2ccc3c(c2)OCO3)C(=O)Nc2cccc(Br)c2)CC1.CCN1CCC(N(Cc2ccco2)C(=O)Nc2ccc(Br)c(C)c2)CC1.CCN1CCC(N(Cc2ccco2)C(=O)Nc2cccc(C(F)(F)F)c2)CC1.Cc1ccc(CN(C(=O)Nc2cccc(C(F)(F)F)c2)C2CCN(Cc3ccccc3)CC2)o1. The van der Waals surface area contributed by atoms with E-state index in [0.29, 0.717) is 24.6 Å². The average Bonchev–Trinajstić information content (AvgIpc) is 1.82. The number of furan rings is 3. The fraction of sp³-hybridized carbons (Fsp3) is 0.409. The second kappa shape index (κ2) is 42.6. The second-order valence-corrected chi connectivity index (χ2v) is 31.5.